The molecule has 0 amide bonds. The molecule has 0 bridgehead atoms. The topological polar surface area (TPSA) is 52.1 Å². The smallest absolute Gasteiger partial charge is 0.191 e. The van der Waals surface area contributed by atoms with Gasteiger partial charge in [0.2, 0.25) is 0 Å². The van der Waals surface area contributed by atoms with Crippen molar-refractivity contribution in [3.63, 3.8) is 0 Å². The normalized spacial score (nSPS) is 26.1. The Morgan fingerprint density at radius 2 is 2.04 bits per heavy atom. The number of morpholine rings is 1. The van der Waals surface area contributed by atoms with Gasteiger partial charge in [-0.3, -0.25) is 9.89 Å². The van der Waals surface area contributed by atoms with Crippen LogP contribution in [0.5, 0.6) is 0 Å². The molecule has 2 heterocycles. The Morgan fingerprint density at radius 1 is 1.20 bits per heavy atom. The highest BCUT2D eigenvalue weighted by Gasteiger charge is 2.20. The largest absolute Gasteiger partial charge is 0.374 e. The summed E-state index contributed by atoms with van der Waals surface area (Å²) in [4.78, 5) is 9.67. The zero-order valence-electron chi connectivity index (χ0n) is 16.3. The molecule has 2 fully saturated rings. The second-order valence-corrected chi connectivity index (χ2v) is 7.00. The van der Waals surface area contributed by atoms with E-state index in [0.717, 1.165) is 57.9 Å². The first-order valence-corrected chi connectivity index (χ1v) is 9.79. The molecular weight excluding hydrogens is 429 g/mol. The maximum atomic E-state index is 5.79. The fourth-order valence-corrected chi connectivity index (χ4v) is 3.65. The lowest BCUT2D eigenvalue weighted by Gasteiger charge is -2.35. The van der Waals surface area contributed by atoms with E-state index in [-0.39, 0.29) is 30.1 Å². The number of hydrogen-bond donors (Lipinski definition) is 2. The molecule has 2 saturated heterocycles. The number of likely N-dealkylation sites (N-methyl/N-ethyl adjacent to an activating group) is 1. The third-order valence-corrected chi connectivity index (χ3v) is 5.05. The summed E-state index contributed by atoms with van der Waals surface area (Å²) in [6.07, 6.45) is 5.57. The second kappa shape index (κ2) is 13.1. The Labute approximate surface area is 171 Å². The van der Waals surface area contributed by atoms with E-state index >= 15 is 0 Å². The summed E-state index contributed by atoms with van der Waals surface area (Å²) in [7, 11) is 2.14. The van der Waals surface area contributed by atoms with Gasteiger partial charge in [0, 0.05) is 38.8 Å². The minimum atomic E-state index is 0. The number of ether oxygens (including phenoxy) is 1. The van der Waals surface area contributed by atoms with E-state index in [0.29, 0.717) is 0 Å². The number of nitrogens with one attached hydrogen (secondary N) is 2. The quantitative estimate of drug-likeness (QED) is 0.340. The van der Waals surface area contributed by atoms with E-state index in [1.807, 2.05) is 0 Å². The lowest BCUT2D eigenvalue weighted by Crippen LogP contribution is -2.46. The average molecular weight is 467 g/mol. The van der Waals surface area contributed by atoms with Crippen LogP contribution in [-0.2, 0) is 4.74 Å². The van der Waals surface area contributed by atoms with E-state index in [1.165, 1.54) is 32.2 Å². The number of guanidine groups is 1. The molecule has 2 atom stereocenters. The van der Waals surface area contributed by atoms with Crippen molar-refractivity contribution in [2.24, 2.45) is 4.99 Å². The van der Waals surface area contributed by atoms with Gasteiger partial charge >= 0.3 is 0 Å². The van der Waals surface area contributed by atoms with Crippen molar-refractivity contribution in [3.8, 4) is 0 Å². The highest BCUT2D eigenvalue weighted by Crippen LogP contribution is 2.18. The van der Waals surface area contributed by atoms with Gasteiger partial charge in [-0.15, -0.1) is 24.0 Å². The summed E-state index contributed by atoms with van der Waals surface area (Å²) >= 11 is 0. The van der Waals surface area contributed by atoms with Crippen LogP contribution in [-0.4, -0.2) is 87.4 Å². The van der Waals surface area contributed by atoms with Gasteiger partial charge in [0.25, 0.3) is 0 Å². The van der Waals surface area contributed by atoms with Crippen molar-refractivity contribution in [3.05, 3.63) is 0 Å². The van der Waals surface area contributed by atoms with Crippen LogP contribution in [0.25, 0.3) is 0 Å². The molecule has 148 valence electrons. The number of halogens is 1. The summed E-state index contributed by atoms with van der Waals surface area (Å²) in [6, 6.07) is 0.770. The third kappa shape index (κ3) is 8.41. The van der Waals surface area contributed by atoms with Crippen molar-refractivity contribution < 1.29 is 4.74 Å². The second-order valence-electron chi connectivity index (χ2n) is 7.00. The number of likely N-dealkylation sites (tertiary alicyclic amines) is 1. The summed E-state index contributed by atoms with van der Waals surface area (Å²) in [5, 5.41) is 6.84. The fraction of sp³-hybridized carbons (Fsp3) is 0.944. The zero-order valence-corrected chi connectivity index (χ0v) is 18.6. The standard InChI is InChI=1S/C18H37N5O.HI/c1-4-16-8-6-7-10-23(16)11-9-20-18(19-5-2)21-14-17-15-22(3)12-13-24-17;/h16-17H,4-15H2,1-3H3,(H2,19,20,21);1H. The minimum absolute atomic E-state index is 0. The first-order valence-electron chi connectivity index (χ1n) is 9.79. The molecule has 0 spiro atoms. The Kier molecular flexibility index (Phi) is 12.0. The molecule has 0 aliphatic carbocycles. The molecule has 2 rings (SSSR count). The molecule has 2 unspecified atom stereocenters. The van der Waals surface area contributed by atoms with Gasteiger partial charge in [-0.2, -0.15) is 0 Å². The maximum absolute atomic E-state index is 5.79. The molecular formula is C18H38IN5O. The number of rotatable bonds is 7. The summed E-state index contributed by atoms with van der Waals surface area (Å²) in [6.45, 7) is 12.1. The van der Waals surface area contributed by atoms with Crippen LogP contribution in [0.2, 0.25) is 0 Å². The first kappa shape index (κ1) is 22.9. The first-order chi connectivity index (χ1) is 11.7. The molecule has 2 N–H and O–H groups in total. The average Bonchev–Trinajstić information content (AvgIpc) is 2.60. The zero-order chi connectivity index (χ0) is 17.2. The van der Waals surface area contributed by atoms with E-state index in [1.54, 1.807) is 0 Å². The molecule has 2 aliphatic heterocycles. The summed E-state index contributed by atoms with van der Waals surface area (Å²) in [5.41, 5.74) is 0. The van der Waals surface area contributed by atoms with E-state index in [2.05, 4.69) is 41.3 Å². The van der Waals surface area contributed by atoms with Crippen LogP contribution in [0.15, 0.2) is 4.99 Å². The van der Waals surface area contributed by atoms with Gasteiger partial charge in [0.15, 0.2) is 5.96 Å². The predicted molar refractivity (Wildman–Crippen MR) is 116 cm³/mol. The van der Waals surface area contributed by atoms with Crippen molar-refractivity contribution in [1.29, 1.82) is 0 Å². The van der Waals surface area contributed by atoms with Gasteiger partial charge in [-0.1, -0.05) is 13.3 Å². The van der Waals surface area contributed by atoms with Gasteiger partial charge in [0.05, 0.1) is 19.3 Å². The number of piperidine rings is 1. The predicted octanol–water partition coefficient (Wildman–Crippen LogP) is 1.75. The van der Waals surface area contributed by atoms with Crippen LogP contribution >= 0.6 is 24.0 Å². The molecule has 0 radical (unpaired) electrons. The van der Waals surface area contributed by atoms with Crippen molar-refractivity contribution >= 4 is 29.9 Å². The Bertz CT molecular complexity index is 382. The van der Waals surface area contributed by atoms with Crippen molar-refractivity contribution in [2.45, 2.75) is 51.7 Å². The maximum Gasteiger partial charge on any atom is 0.191 e. The van der Waals surface area contributed by atoms with Crippen LogP contribution in [0.1, 0.15) is 39.5 Å². The van der Waals surface area contributed by atoms with Crippen LogP contribution in [0, 0.1) is 0 Å². The Hall–Kier alpha value is -0.120. The lowest BCUT2D eigenvalue weighted by atomic mass is 10.0. The number of nitrogens with zero attached hydrogens (tertiary/aromatic N) is 3. The highest BCUT2D eigenvalue weighted by atomic mass is 127. The van der Waals surface area contributed by atoms with Crippen molar-refractivity contribution in [1.82, 2.24) is 20.4 Å². The van der Waals surface area contributed by atoms with Crippen LogP contribution in [0.4, 0.5) is 0 Å². The number of hydrogen-bond acceptors (Lipinski definition) is 4. The van der Waals surface area contributed by atoms with Gasteiger partial charge < -0.3 is 20.3 Å². The SMILES string of the molecule is CCNC(=NCC1CN(C)CCO1)NCCN1CCCCC1CC.I. The molecule has 25 heavy (non-hydrogen) atoms. The highest BCUT2D eigenvalue weighted by molar-refractivity contribution is 14.0. The molecule has 2 aliphatic rings. The van der Waals surface area contributed by atoms with Gasteiger partial charge in [-0.05, 0) is 39.8 Å². The monoisotopic (exact) mass is 467 g/mol. The molecule has 6 nitrogen and oxygen atoms in total. The van der Waals surface area contributed by atoms with E-state index in [4.69, 9.17) is 9.73 Å². The lowest BCUT2D eigenvalue weighted by molar-refractivity contribution is -0.0136. The molecule has 0 saturated carbocycles. The third-order valence-electron chi connectivity index (χ3n) is 5.05. The fourth-order valence-electron chi connectivity index (χ4n) is 3.65. The number of aliphatic imine (C=N–C) groups is 1. The molecule has 7 heteroatoms. The van der Waals surface area contributed by atoms with Crippen LogP contribution < -0.4 is 10.6 Å². The van der Waals surface area contributed by atoms with Crippen molar-refractivity contribution in [2.75, 3.05) is 59.5 Å². The van der Waals surface area contributed by atoms with Gasteiger partial charge in [-0.25, -0.2) is 0 Å². The minimum Gasteiger partial charge on any atom is -0.374 e. The molecule has 0 aromatic heterocycles. The van der Waals surface area contributed by atoms with E-state index < -0.39 is 0 Å². The molecule has 0 aromatic carbocycles. The summed E-state index contributed by atoms with van der Waals surface area (Å²) < 4.78 is 5.79. The summed E-state index contributed by atoms with van der Waals surface area (Å²) in [5.74, 6) is 0.916. The Morgan fingerprint density at radius 3 is 2.76 bits per heavy atom. The van der Waals surface area contributed by atoms with Crippen LogP contribution in [0.3, 0.4) is 0 Å². The van der Waals surface area contributed by atoms with Gasteiger partial charge in [0.1, 0.15) is 0 Å². The van der Waals surface area contributed by atoms with E-state index in [9.17, 15) is 0 Å². The Balaban J connectivity index is 0.00000312. The molecule has 0 aromatic rings.